The molecule has 0 saturated carbocycles. The van der Waals surface area contributed by atoms with Crippen LogP contribution in [0.5, 0.6) is 0 Å². The Bertz CT molecular complexity index is 1420. The molecule has 2 aliphatic rings. The maximum absolute atomic E-state index is 14.1. The van der Waals surface area contributed by atoms with Crippen molar-refractivity contribution in [1.29, 1.82) is 0 Å². The average Bonchev–Trinajstić information content (AvgIpc) is 3.13. The number of rotatable bonds is 18. The lowest BCUT2D eigenvalue weighted by Gasteiger charge is -2.47. The topological polar surface area (TPSA) is 42.0 Å². The van der Waals surface area contributed by atoms with Crippen LogP contribution in [-0.4, -0.2) is 74.9 Å². The number of piperidine rings is 1. The molecule has 0 N–H and O–H groups in total. The van der Waals surface area contributed by atoms with Gasteiger partial charge in [0, 0.05) is 31.4 Å². The number of nitrogens with zero attached hydrogens (tertiary/aromatic N) is 2. The SMILES string of the molecule is COCC(=O)OC1(CCN(C)CCCCCCCCN2CCC(c3ccccc3)(c3ccccc3)CC2)CCc2cc(F)ccc2C1C(C)C. The van der Waals surface area contributed by atoms with Gasteiger partial charge in [0.2, 0.25) is 0 Å². The van der Waals surface area contributed by atoms with Crippen molar-refractivity contribution in [2.45, 2.75) is 101 Å². The molecule has 272 valence electrons. The highest BCUT2D eigenvalue weighted by molar-refractivity contribution is 5.71. The van der Waals surface area contributed by atoms with Crippen molar-refractivity contribution in [3.05, 3.63) is 107 Å². The monoisotopic (exact) mass is 684 g/mol. The molecule has 1 aliphatic heterocycles. The molecule has 50 heavy (non-hydrogen) atoms. The number of fused-ring (bicyclic) bond motifs is 1. The van der Waals surface area contributed by atoms with Gasteiger partial charge in [0.05, 0.1) is 0 Å². The molecular weight excluding hydrogens is 623 g/mol. The summed E-state index contributed by atoms with van der Waals surface area (Å²) in [7, 11) is 3.71. The van der Waals surface area contributed by atoms with Gasteiger partial charge in [-0.05, 0) is 112 Å². The van der Waals surface area contributed by atoms with Crippen LogP contribution in [0.1, 0.15) is 106 Å². The van der Waals surface area contributed by atoms with Crippen molar-refractivity contribution in [3.8, 4) is 0 Å². The van der Waals surface area contributed by atoms with E-state index in [4.69, 9.17) is 9.47 Å². The standard InChI is InChI=1S/C44H61FN2O3/c1-35(2)42-40-22-21-39(45)33-36(40)23-24-44(42,50-41(48)34-49-4)27-30-46(3)28-15-7-5-6-8-16-29-47-31-25-43(26-32-47,37-17-11-9-12-18-37)38-19-13-10-14-20-38/h9-14,17-22,33,35,42H,5-8,15-16,23-32,34H2,1-4H3. The summed E-state index contributed by atoms with van der Waals surface area (Å²) in [4.78, 5) is 17.9. The first-order valence-electron chi connectivity index (χ1n) is 19.3. The maximum atomic E-state index is 14.1. The second-order valence-corrected chi connectivity index (χ2v) is 15.4. The first-order valence-corrected chi connectivity index (χ1v) is 19.3. The minimum absolute atomic E-state index is 0.0151. The third-order valence-corrected chi connectivity index (χ3v) is 11.6. The van der Waals surface area contributed by atoms with Gasteiger partial charge in [0.1, 0.15) is 18.0 Å². The van der Waals surface area contributed by atoms with Crippen molar-refractivity contribution in [2.75, 3.05) is 53.5 Å². The summed E-state index contributed by atoms with van der Waals surface area (Å²) >= 11 is 0. The number of hydrogen-bond acceptors (Lipinski definition) is 5. The molecule has 0 amide bonds. The Balaban J connectivity index is 1.02. The lowest BCUT2D eigenvalue weighted by atomic mass is 9.65. The summed E-state index contributed by atoms with van der Waals surface area (Å²) in [6.07, 6.45) is 12.1. The molecule has 0 radical (unpaired) electrons. The number of carbonyl (C=O) groups excluding carboxylic acids is 1. The van der Waals surface area contributed by atoms with E-state index in [9.17, 15) is 9.18 Å². The van der Waals surface area contributed by atoms with Crippen LogP contribution in [0, 0.1) is 11.7 Å². The second kappa shape index (κ2) is 18.4. The molecule has 0 spiro atoms. The number of benzene rings is 3. The van der Waals surface area contributed by atoms with Crippen LogP contribution >= 0.6 is 0 Å². The molecule has 2 atom stereocenters. The summed E-state index contributed by atoms with van der Waals surface area (Å²) in [6.45, 7) is 9.72. The smallest absolute Gasteiger partial charge is 0.332 e. The molecule has 6 heteroatoms. The van der Waals surface area contributed by atoms with E-state index in [1.165, 1.54) is 76.1 Å². The van der Waals surface area contributed by atoms with Crippen molar-refractivity contribution in [2.24, 2.45) is 5.92 Å². The largest absolute Gasteiger partial charge is 0.457 e. The van der Waals surface area contributed by atoms with Gasteiger partial charge in [-0.1, -0.05) is 106 Å². The number of methoxy groups -OCH3 is 1. The number of esters is 1. The van der Waals surface area contributed by atoms with Crippen LogP contribution in [-0.2, 0) is 26.1 Å². The van der Waals surface area contributed by atoms with Gasteiger partial charge in [-0.2, -0.15) is 0 Å². The minimum atomic E-state index is -0.623. The number of halogens is 1. The number of hydrogen-bond donors (Lipinski definition) is 0. The number of unbranched alkanes of at least 4 members (excludes halogenated alkanes) is 5. The number of likely N-dealkylation sites (tertiary alicyclic amines) is 1. The van der Waals surface area contributed by atoms with E-state index in [0.717, 1.165) is 43.7 Å². The van der Waals surface area contributed by atoms with E-state index in [2.05, 4.69) is 91.4 Å². The summed E-state index contributed by atoms with van der Waals surface area (Å²) in [5.41, 5.74) is 4.58. The van der Waals surface area contributed by atoms with Gasteiger partial charge < -0.3 is 19.3 Å². The van der Waals surface area contributed by atoms with E-state index >= 15 is 0 Å². The highest BCUT2D eigenvalue weighted by atomic mass is 19.1. The molecule has 1 aliphatic carbocycles. The number of aryl methyl sites for hydroxylation is 1. The van der Waals surface area contributed by atoms with E-state index < -0.39 is 5.60 Å². The van der Waals surface area contributed by atoms with Crippen LogP contribution in [0.25, 0.3) is 0 Å². The van der Waals surface area contributed by atoms with Crippen molar-refractivity contribution < 1.29 is 18.7 Å². The van der Waals surface area contributed by atoms with Crippen molar-refractivity contribution in [3.63, 3.8) is 0 Å². The lowest BCUT2D eigenvalue weighted by molar-refractivity contribution is -0.172. The third-order valence-electron chi connectivity index (χ3n) is 11.6. The Labute approximate surface area is 301 Å². The number of ether oxygens (including phenoxy) is 2. The molecule has 5 nitrogen and oxygen atoms in total. The fourth-order valence-electron chi connectivity index (χ4n) is 9.00. The molecule has 1 heterocycles. The summed E-state index contributed by atoms with van der Waals surface area (Å²) < 4.78 is 25.6. The Hall–Kier alpha value is -3.06. The zero-order valence-corrected chi connectivity index (χ0v) is 31.2. The molecule has 3 aromatic carbocycles. The minimum Gasteiger partial charge on any atom is -0.457 e. The van der Waals surface area contributed by atoms with E-state index in [1.807, 2.05) is 6.07 Å². The van der Waals surface area contributed by atoms with E-state index in [0.29, 0.717) is 12.8 Å². The average molecular weight is 685 g/mol. The molecular formula is C44H61FN2O3. The molecule has 1 fully saturated rings. The maximum Gasteiger partial charge on any atom is 0.332 e. The highest BCUT2D eigenvalue weighted by Crippen LogP contribution is 2.48. The Morgan fingerprint density at radius 3 is 2.10 bits per heavy atom. The molecule has 0 bridgehead atoms. The Morgan fingerprint density at radius 2 is 1.48 bits per heavy atom. The van der Waals surface area contributed by atoms with Crippen LogP contribution in [0.2, 0.25) is 0 Å². The molecule has 0 aromatic heterocycles. The van der Waals surface area contributed by atoms with Gasteiger partial charge in [-0.15, -0.1) is 0 Å². The van der Waals surface area contributed by atoms with Gasteiger partial charge in [0.25, 0.3) is 0 Å². The normalized spacial score (nSPS) is 20.6. The zero-order chi connectivity index (χ0) is 35.4. The summed E-state index contributed by atoms with van der Waals surface area (Å²) in [5.74, 6) is -0.265. The van der Waals surface area contributed by atoms with Crippen LogP contribution in [0.4, 0.5) is 4.39 Å². The fourth-order valence-corrected chi connectivity index (χ4v) is 9.00. The predicted molar refractivity (Wildman–Crippen MR) is 202 cm³/mol. The number of carbonyl (C=O) groups is 1. The van der Waals surface area contributed by atoms with E-state index in [1.54, 1.807) is 12.1 Å². The third kappa shape index (κ3) is 9.63. The predicted octanol–water partition coefficient (Wildman–Crippen LogP) is 9.18. The van der Waals surface area contributed by atoms with Crippen LogP contribution in [0.3, 0.4) is 0 Å². The van der Waals surface area contributed by atoms with E-state index in [-0.39, 0.29) is 35.6 Å². The molecule has 3 aromatic rings. The lowest BCUT2D eigenvalue weighted by Crippen LogP contribution is -2.49. The zero-order valence-electron chi connectivity index (χ0n) is 31.2. The Morgan fingerprint density at radius 1 is 0.860 bits per heavy atom. The molecule has 2 unspecified atom stereocenters. The fraction of sp³-hybridized carbons (Fsp3) is 0.568. The molecule has 5 rings (SSSR count). The first kappa shape index (κ1) is 38.2. The van der Waals surface area contributed by atoms with Crippen LogP contribution < -0.4 is 0 Å². The van der Waals surface area contributed by atoms with Gasteiger partial charge in [0.15, 0.2) is 0 Å². The van der Waals surface area contributed by atoms with Gasteiger partial charge in [-0.25, -0.2) is 9.18 Å². The second-order valence-electron chi connectivity index (χ2n) is 15.4. The van der Waals surface area contributed by atoms with Crippen molar-refractivity contribution in [1.82, 2.24) is 9.80 Å². The Kier molecular flexibility index (Phi) is 14.1. The van der Waals surface area contributed by atoms with Gasteiger partial charge in [-0.3, -0.25) is 0 Å². The summed E-state index contributed by atoms with van der Waals surface area (Å²) in [6, 6.07) is 27.4. The first-order chi connectivity index (χ1) is 24.3. The van der Waals surface area contributed by atoms with Crippen molar-refractivity contribution >= 4 is 5.97 Å². The van der Waals surface area contributed by atoms with Crippen LogP contribution in [0.15, 0.2) is 78.9 Å². The quantitative estimate of drug-likeness (QED) is 0.0988. The summed E-state index contributed by atoms with van der Waals surface area (Å²) in [5, 5.41) is 0. The van der Waals surface area contributed by atoms with Gasteiger partial charge >= 0.3 is 5.97 Å². The molecule has 1 saturated heterocycles. The highest BCUT2D eigenvalue weighted by Gasteiger charge is 2.47.